The van der Waals surface area contributed by atoms with Crippen molar-refractivity contribution in [2.24, 2.45) is 0 Å². The van der Waals surface area contributed by atoms with Crippen LogP contribution in [-0.4, -0.2) is 47.2 Å². The first-order chi connectivity index (χ1) is 11.9. The molecule has 7 heteroatoms. The zero-order chi connectivity index (χ0) is 18.6. The molecule has 0 heterocycles. The number of carboxylic acid groups (broad SMARTS) is 1. The minimum Gasteiger partial charge on any atom is -0.504 e. The van der Waals surface area contributed by atoms with Gasteiger partial charge in [0.25, 0.3) is 0 Å². The second-order valence-corrected chi connectivity index (χ2v) is 5.51. The van der Waals surface area contributed by atoms with Crippen LogP contribution < -0.4 is 9.47 Å². The number of hydrogen-bond acceptors (Lipinski definition) is 6. The average molecular weight is 348 g/mol. The van der Waals surface area contributed by atoms with Crippen molar-refractivity contribution >= 4 is 5.97 Å². The lowest BCUT2D eigenvalue weighted by Crippen LogP contribution is -2.10. The number of phenols is 2. The van der Waals surface area contributed by atoms with E-state index in [0.29, 0.717) is 6.42 Å². The SMILES string of the molecule is COc1cc(CC(CO)c2cc(C(=O)O)cc(OC)c2O)ccc1O. The van der Waals surface area contributed by atoms with Crippen molar-refractivity contribution < 1.29 is 34.7 Å². The molecule has 0 fully saturated rings. The first-order valence-corrected chi connectivity index (χ1v) is 7.52. The van der Waals surface area contributed by atoms with Crippen LogP contribution in [0.15, 0.2) is 30.3 Å². The summed E-state index contributed by atoms with van der Waals surface area (Å²) in [5, 5.41) is 39.0. The van der Waals surface area contributed by atoms with Gasteiger partial charge in [-0.3, -0.25) is 0 Å². The Kier molecular flexibility index (Phi) is 5.71. The Balaban J connectivity index is 2.43. The predicted octanol–water partition coefficient (Wildman–Crippen LogP) is 2.13. The van der Waals surface area contributed by atoms with Crippen LogP contribution >= 0.6 is 0 Å². The van der Waals surface area contributed by atoms with Crippen molar-refractivity contribution in [1.82, 2.24) is 0 Å². The van der Waals surface area contributed by atoms with E-state index in [-0.39, 0.29) is 40.7 Å². The van der Waals surface area contributed by atoms with Crippen LogP contribution in [0.4, 0.5) is 0 Å². The Bertz CT molecular complexity index is 770. The lowest BCUT2D eigenvalue weighted by Gasteiger charge is -2.19. The Morgan fingerprint density at radius 2 is 1.76 bits per heavy atom. The lowest BCUT2D eigenvalue weighted by molar-refractivity contribution is 0.0696. The number of carbonyl (C=O) groups is 1. The van der Waals surface area contributed by atoms with E-state index in [0.717, 1.165) is 5.56 Å². The maximum absolute atomic E-state index is 11.3. The van der Waals surface area contributed by atoms with Crippen LogP contribution in [0.2, 0.25) is 0 Å². The number of ether oxygens (including phenoxy) is 2. The van der Waals surface area contributed by atoms with E-state index in [9.17, 15) is 25.2 Å². The van der Waals surface area contributed by atoms with Crippen LogP contribution in [0, 0.1) is 0 Å². The van der Waals surface area contributed by atoms with Gasteiger partial charge in [0.05, 0.1) is 26.4 Å². The third kappa shape index (κ3) is 3.95. The maximum atomic E-state index is 11.3. The highest BCUT2D eigenvalue weighted by Gasteiger charge is 2.22. The molecule has 2 aromatic carbocycles. The summed E-state index contributed by atoms with van der Waals surface area (Å²) in [5.41, 5.74) is 0.963. The second-order valence-electron chi connectivity index (χ2n) is 5.51. The summed E-state index contributed by atoms with van der Waals surface area (Å²) in [6.07, 6.45) is 0.299. The van der Waals surface area contributed by atoms with E-state index in [1.54, 1.807) is 12.1 Å². The number of rotatable bonds is 7. The number of carboxylic acids is 1. The molecule has 0 spiro atoms. The fourth-order valence-electron chi connectivity index (χ4n) is 2.63. The molecule has 0 radical (unpaired) electrons. The zero-order valence-electron chi connectivity index (χ0n) is 13.9. The van der Waals surface area contributed by atoms with Crippen LogP contribution in [0.3, 0.4) is 0 Å². The number of phenolic OH excluding ortho intramolecular Hbond substituents is 2. The molecule has 0 aliphatic heterocycles. The minimum atomic E-state index is -1.16. The molecule has 0 amide bonds. The molecule has 2 rings (SSSR count). The molecule has 1 atom stereocenters. The van der Waals surface area contributed by atoms with Crippen molar-refractivity contribution in [1.29, 1.82) is 0 Å². The highest BCUT2D eigenvalue weighted by Crippen LogP contribution is 2.38. The number of aromatic carboxylic acids is 1. The molecule has 4 N–H and O–H groups in total. The van der Waals surface area contributed by atoms with Crippen molar-refractivity contribution in [2.45, 2.75) is 12.3 Å². The topological polar surface area (TPSA) is 116 Å². The van der Waals surface area contributed by atoms with Gasteiger partial charge in [-0.15, -0.1) is 0 Å². The van der Waals surface area contributed by atoms with Crippen molar-refractivity contribution in [3.05, 3.63) is 47.0 Å². The van der Waals surface area contributed by atoms with Crippen molar-refractivity contribution in [3.63, 3.8) is 0 Å². The van der Waals surface area contributed by atoms with Gasteiger partial charge >= 0.3 is 5.97 Å². The summed E-state index contributed by atoms with van der Waals surface area (Å²) in [6.45, 7) is -0.316. The monoisotopic (exact) mass is 348 g/mol. The first-order valence-electron chi connectivity index (χ1n) is 7.52. The molecule has 2 aromatic rings. The number of benzene rings is 2. The van der Waals surface area contributed by atoms with Crippen molar-refractivity contribution in [3.8, 4) is 23.0 Å². The van der Waals surface area contributed by atoms with Gasteiger partial charge in [-0.1, -0.05) is 6.07 Å². The van der Waals surface area contributed by atoms with Gasteiger partial charge in [0.1, 0.15) is 0 Å². The van der Waals surface area contributed by atoms with E-state index >= 15 is 0 Å². The third-order valence-electron chi connectivity index (χ3n) is 3.96. The molecule has 0 saturated heterocycles. The normalized spacial score (nSPS) is 11.8. The Labute approximate surface area is 144 Å². The molecule has 0 aromatic heterocycles. The van der Waals surface area contributed by atoms with E-state index in [1.165, 1.54) is 32.4 Å². The lowest BCUT2D eigenvalue weighted by atomic mass is 9.90. The quantitative estimate of drug-likeness (QED) is 0.605. The molecule has 0 saturated carbocycles. The third-order valence-corrected chi connectivity index (χ3v) is 3.96. The van der Waals surface area contributed by atoms with Gasteiger partial charge in [0.15, 0.2) is 23.0 Å². The molecule has 0 bridgehead atoms. The summed E-state index contributed by atoms with van der Waals surface area (Å²) in [4.78, 5) is 11.3. The molecular formula is C18H20O7. The number of aromatic hydroxyl groups is 2. The number of methoxy groups -OCH3 is 2. The van der Waals surface area contributed by atoms with Gasteiger partial charge in [-0.05, 0) is 36.2 Å². The first kappa shape index (κ1) is 18.4. The van der Waals surface area contributed by atoms with Gasteiger partial charge in [0.2, 0.25) is 0 Å². The van der Waals surface area contributed by atoms with E-state index in [4.69, 9.17) is 9.47 Å². The predicted molar refractivity (Wildman–Crippen MR) is 89.8 cm³/mol. The fraction of sp³-hybridized carbons (Fsp3) is 0.278. The summed E-state index contributed by atoms with van der Waals surface area (Å²) < 4.78 is 10.1. The number of aliphatic hydroxyl groups is 1. The molecule has 1 unspecified atom stereocenters. The van der Waals surface area contributed by atoms with Gasteiger partial charge in [0, 0.05) is 11.5 Å². The molecule has 0 aliphatic carbocycles. The standard InChI is InChI=1S/C18H20O7/c1-24-15-6-10(3-4-14(15)20)5-12(9-19)13-7-11(18(22)23)8-16(25-2)17(13)21/h3-4,6-8,12,19-21H,5,9H2,1-2H3,(H,22,23). The number of hydrogen-bond donors (Lipinski definition) is 4. The van der Waals surface area contributed by atoms with Crippen LogP contribution in [0.5, 0.6) is 23.0 Å². The second kappa shape index (κ2) is 7.76. The zero-order valence-corrected chi connectivity index (χ0v) is 13.9. The molecule has 0 aliphatic rings. The van der Waals surface area contributed by atoms with Crippen molar-refractivity contribution in [2.75, 3.05) is 20.8 Å². The molecule has 25 heavy (non-hydrogen) atoms. The maximum Gasteiger partial charge on any atom is 0.335 e. The summed E-state index contributed by atoms with van der Waals surface area (Å²) in [5.74, 6) is -1.64. The summed E-state index contributed by atoms with van der Waals surface area (Å²) in [7, 11) is 2.75. The minimum absolute atomic E-state index is 0.0100. The summed E-state index contributed by atoms with van der Waals surface area (Å²) in [6, 6.07) is 7.29. The fourth-order valence-corrected chi connectivity index (χ4v) is 2.63. The van der Waals surface area contributed by atoms with Gasteiger partial charge in [-0.2, -0.15) is 0 Å². The molecule has 7 nitrogen and oxygen atoms in total. The van der Waals surface area contributed by atoms with Gasteiger partial charge in [-0.25, -0.2) is 4.79 Å². The Morgan fingerprint density at radius 3 is 2.32 bits per heavy atom. The van der Waals surface area contributed by atoms with Crippen LogP contribution in [-0.2, 0) is 6.42 Å². The van der Waals surface area contributed by atoms with E-state index < -0.39 is 11.9 Å². The van der Waals surface area contributed by atoms with E-state index in [2.05, 4.69) is 0 Å². The van der Waals surface area contributed by atoms with Gasteiger partial charge < -0.3 is 29.9 Å². The highest BCUT2D eigenvalue weighted by molar-refractivity contribution is 5.89. The molecular weight excluding hydrogens is 328 g/mol. The Hall–Kier alpha value is -2.93. The highest BCUT2D eigenvalue weighted by atomic mass is 16.5. The average Bonchev–Trinajstić information content (AvgIpc) is 2.61. The van der Waals surface area contributed by atoms with E-state index in [1.807, 2.05) is 0 Å². The smallest absolute Gasteiger partial charge is 0.335 e. The molecule has 134 valence electrons. The number of aliphatic hydroxyl groups excluding tert-OH is 1. The summed E-state index contributed by atoms with van der Waals surface area (Å²) >= 11 is 0. The van der Waals surface area contributed by atoms with Crippen LogP contribution in [0.1, 0.15) is 27.4 Å². The van der Waals surface area contributed by atoms with Crippen LogP contribution in [0.25, 0.3) is 0 Å². The Morgan fingerprint density at radius 1 is 1.08 bits per heavy atom. The largest absolute Gasteiger partial charge is 0.504 e.